The summed E-state index contributed by atoms with van der Waals surface area (Å²) in [6, 6.07) is 11.2. The molecule has 12 heteroatoms. The summed E-state index contributed by atoms with van der Waals surface area (Å²) < 4.78 is 0. The van der Waals surface area contributed by atoms with Gasteiger partial charge in [0.2, 0.25) is 0 Å². The lowest BCUT2D eigenvalue weighted by Crippen LogP contribution is -2.52. The molecule has 5 N–H and O–H groups in total. The number of piperazine rings is 1. The number of primary amides is 1. The summed E-state index contributed by atoms with van der Waals surface area (Å²) in [5, 5.41) is 7.56. The molecule has 42 heavy (non-hydrogen) atoms. The molecule has 7 rings (SSSR count). The van der Waals surface area contributed by atoms with Crippen molar-refractivity contribution >= 4 is 40.0 Å². The Kier molecular flexibility index (Phi) is 7.08. The lowest BCUT2D eigenvalue weighted by molar-refractivity contribution is 0.0982. The molecule has 1 aliphatic carbocycles. The third-order valence-corrected chi connectivity index (χ3v) is 8.64. The highest BCUT2D eigenvalue weighted by Gasteiger charge is 2.28. The number of benzene rings is 1. The number of nitrogens with one attached hydrogen (secondary N) is 3. The van der Waals surface area contributed by atoms with Crippen molar-refractivity contribution in [1.29, 1.82) is 0 Å². The molecule has 3 aromatic heterocycles. The van der Waals surface area contributed by atoms with Gasteiger partial charge in [-0.15, -0.1) is 0 Å². The Morgan fingerprint density at radius 3 is 2.38 bits per heavy atom. The van der Waals surface area contributed by atoms with Gasteiger partial charge in [-0.1, -0.05) is 0 Å². The standard InChI is InChI=1S/C30H37N11O/c1-39-14-16-41(17-15-39)22-9-12-40(13-10-22)21-6-4-20(5-7-21)36-30-26(27(31)42)37-25(29(38-30)35-19-2-3-19)24-23-8-11-32-28(23)34-18-33-24/h4-8,11,18-19,22H,2-3,9-10,12-17H2,1H3,(H2,31,42)(H,32,33,34)(H2,35,36,38). The molecule has 0 atom stereocenters. The average molecular weight is 568 g/mol. The topological polar surface area (TPSA) is 144 Å². The van der Waals surface area contributed by atoms with Gasteiger partial charge < -0.3 is 31.2 Å². The maximum Gasteiger partial charge on any atom is 0.271 e. The summed E-state index contributed by atoms with van der Waals surface area (Å²) in [6.45, 7) is 6.77. The number of carbonyl (C=O) groups excluding carboxylic acids is 1. The number of anilines is 4. The summed E-state index contributed by atoms with van der Waals surface area (Å²) >= 11 is 0. The van der Waals surface area contributed by atoms with E-state index in [1.54, 1.807) is 6.20 Å². The van der Waals surface area contributed by atoms with Gasteiger partial charge in [-0.05, 0) is 63.1 Å². The van der Waals surface area contributed by atoms with Crippen molar-refractivity contribution in [1.82, 2.24) is 34.7 Å². The smallest absolute Gasteiger partial charge is 0.271 e. The van der Waals surface area contributed by atoms with Crippen molar-refractivity contribution in [3.63, 3.8) is 0 Å². The highest BCUT2D eigenvalue weighted by molar-refractivity contribution is 5.99. The van der Waals surface area contributed by atoms with Crippen molar-refractivity contribution in [3.8, 4) is 11.4 Å². The van der Waals surface area contributed by atoms with Gasteiger partial charge >= 0.3 is 0 Å². The highest BCUT2D eigenvalue weighted by Crippen LogP contribution is 2.35. The first kappa shape index (κ1) is 26.6. The summed E-state index contributed by atoms with van der Waals surface area (Å²) in [5.41, 5.74) is 9.63. The molecular formula is C30H37N11O. The molecule has 0 bridgehead atoms. The van der Waals surface area contributed by atoms with E-state index in [-0.39, 0.29) is 5.69 Å². The zero-order chi connectivity index (χ0) is 28.6. The van der Waals surface area contributed by atoms with E-state index < -0.39 is 5.91 Å². The van der Waals surface area contributed by atoms with Crippen LogP contribution in [-0.4, -0.2) is 99.0 Å². The number of hydrogen-bond acceptors (Lipinski definition) is 10. The number of nitrogens with two attached hydrogens (primary N) is 1. The van der Waals surface area contributed by atoms with E-state index in [9.17, 15) is 4.79 Å². The van der Waals surface area contributed by atoms with Crippen LogP contribution in [0, 0.1) is 0 Å². The van der Waals surface area contributed by atoms with Gasteiger partial charge in [-0.3, -0.25) is 9.69 Å². The molecule has 1 amide bonds. The number of carbonyl (C=O) groups is 1. The molecule has 5 heterocycles. The van der Waals surface area contributed by atoms with Gasteiger partial charge in [0.1, 0.15) is 23.4 Å². The van der Waals surface area contributed by atoms with Gasteiger partial charge in [-0.2, -0.15) is 0 Å². The lowest BCUT2D eigenvalue weighted by Gasteiger charge is -2.42. The molecule has 2 aliphatic heterocycles. The van der Waals surface area contributed by atoms with E-state index in [1.807, 2.05) is 18.2 Å². The summed E-state index contributed by atoms with van der Waals surface area (Å²) in [7, 11) is 2.21. The Morgan fingerprint density at radius 2 is 1.67 bits per heavy atom. The van der Waals surface area contributed by atoms with Crippen LogP contribution in [0.15, 0.2) is 42.9 Å². The number of aromatic nitrogens is 5. The number of nitrogens with zero attached hydrogens (tertiary/aromatic N) is 7. The van der Waals surface area contributed by atoms with Crippen LogP contribution in [0.4, 0.5) is 23.0 Å². The molecule has 12 nitrogen and oxygen atoms in total. The van der Waals surface area contributed by atoms with E-state index in [0.29, 0.717) is 40.8 Å². The van der Waals surface area contributed by atoms with Crippen LogP contribution in [0.2, 0.25) is 0 Å². The molecule has 2 saturated heterocycles. The lowest BCUT2D eigenvalue weighted by atomic mass is 10.0. The van der Waals surface area contributed by atoms with Crippen LogP contribution >= 0.6 is 0 Å². The van der Waals surface area contributed by atoms with Gasteiger partial charge in [-0.25, -0.2) is 19.9 Å². The third kappa shape index (κ3) is 5.47. The van der Waals surface area contributed by atoms with E-state index >= 15 is 0 Å². The van der Waals surface area contributed by atoms with Gasteiger partial charge in [0.25, 0.3) is 5.91 Å². The number of H-pyrrole nitrogens is 1. The fourth-order valence-corrected chi connectivity index (χ4v) is 6.01. The zero-order valence-electron chi connectivity index (χ0n) is 23.9. The second kappa shape index (κ2) is 11.2. The van der Waals surface area contributed by atoms with E-state index in [4.69, 9.17) is 15.7 Å². The van der Waals surface area contributed by atoms with Crippen LogP contribution in [0.3, 0.4) is 0 Å². The molecular weight excluding hydrogens is 530 g/mol. The Hall–Kier alpha value is -4.29. The van der Waals surface area contributed by atoms with Crippen LogP contribution in [0.25, 0.3) is 22.4 Å². The molecule has 3 fully saturated rings. The molecule has 1 saturated carbocycles. The van der Waals surface area contributed by atoms with Gasteiger partial charge in [0.15, 0.2) is 17.3 Å². The van der Waals surface area contributed by atoms with Crippen molar-refractivity contribution in [2.24, 2.45) is 5.73 Å². The number of fused-ring (bicyclic) bond motifs is 1. The monoisotopic (exact) mass is 567 g/mol. The molecule has 218 valence electrons. The Bertz CT molecular complexity index is 1570. The molecule has 0 unspecified atom stereocenters. The number of amides is 1. The van der Waals surface area contributed by atoms with Crippen LogP contribution < -0.4 is 21.3 Å². The average Bonchev–Trinajstić information content (AvgIpc) is 3.69. The largest absolute Gasteiger partial charge is 0.371 e. The van der Waals surface area contributed by atoms with Crippen LogP contribution in [-0.2, 0) is 0 Å². The first-order valence-corrected chi connectivity index (χ1v) is 14.8. The summed E-state index contributed by atoms with van der Waals surface area (Å²) in [6.07, 6.45) is 7.76. The molecule has 0 spiro atoms. The molecule has 4 aromatic rings. The third-order valence-electron chi connectivity index (χ3n) is 8.64. The Balaban J connectivity index is 1.10. The maximum absolute atomic E-state index is 12.6. The number of piperidine rings is 1. The first-order chi connectivity index (χ1) is 20.5. The number of aromatic amines is 1. The van der Waals surface area contributed by atoms with Gasteiger partial charge in [0, 0.05) is 74.3 Å². The number of rotatable bonds is 8. The first-order valence-electron chi connectivity index (χ1n) is 14.8. The quantitative estimate of drug-likeness (QED) is 0.251. The van der Waals surface area contributed by atoms with Crippen LogP contribution in [0.5, 0.6) is 0 Å². The molecule has 0 radical (unpaired) electrons. The second-order valence-electron chi connectivity index (χ2n) is 11.6. The van der Waals surface area contributed by atoms with Crippen molar-refractivity contribution in [2.45, 2.75) is 37.8 Å². The minimum atomic E-state index is -0.663. The Morgan fingerprint density at radius 1 is 0.905 bits per heavy atom. The van der Waals surface area contributed by atoms with Gasteiger partial charge in [0.05, 0.1) is 0 Å². The van der Waals surface area contributed by atoms with Crippen molar-refractivity contribution < 1.29 is 4.79 Å². The summed E-state index contributed by atoms with van der Waals surface area (Å²) in [4.78, 5) is 41.5. The van der Waals surface area contributed by atoms with Crippen LogP contribution in [0.1, 0.15) is 36.2 Å². The van der Waals surface area contributed by atoms with E-state index in [2.05, 4.69) is 59.5 Å². The minimum absolute atomic E-state index is 0.0590. The normalized spacial score (nSPS) is 18.8. The predicted molar refractivity (Wildman–Crippen MR) is 164 cm³/mol. The second-order valence-corrected chi connectivity index (χ2v) is 11.6. The molecule has 1 aromatic carbocycles. The minimum Gasteiger partial charge on any atom is -0.371 e. The fourth-order valence-electron chi connectivity index (χ4n) is 6.01. The summed E-state index contributed by atoms with van der Waals surface area (Å²) in [5.74, 6) is 0.212. The SMILES string of the molecule is CN1CCN(C2CCN(c3ccc(Nc4nc(NC5CC5)c(-c5ncnc6[nH]ccc56)nc4C(N)=O)cc3)CC2)CC1. The van der Waals surface area contributed by atoms with E-state index in [1.165, 1.54) is 37.9 Å². The number of hydrogen-bond donors (Lipinski definition) is 4. The van der Waals surface area contributed by atoms with E-state index in [0.717, 1.165) is 50.1 Å². The number of likely N-dealkylation sites (N-methyl/N-ethyl adjacent to an activating group) is 1. The zero-order valence-corrected chi connectivity index (χ0v) is 23.9. The Labute approximate surface area is 244 Å². The van der Waals surface area contributed by atoms with Crippen molar-refractivity contribution in [3.05, 3.63) is 48.5 Å². The highest BCUT2D eigenvalue weighted by atomic mass is 16.1. The fraction of sp³-hybridized carbons (Fsp3) is 0.433. The maximum atomic E-state index is 12.6. The van der Waals surface area contributed by atoms with Crippen molar-refractivity contribution in [2.75, 3.05) is 61.8 Å². The predicted octanol–water partition coefficient (Wildman–Crippen LogP) is 3.05. The molecule has 3 aliphatic rings.